The number of piperidine rings is 1. The van der Waals surface area contributed by atoms with Gasteiger partial charge in [0, 0.05) is 37.9 Å². The van der Waals surface area contributed by atoms with Gasteiger partial charge in [0.25, 0.3) is 5.91 Å². The maximum Gasteiger partial charge on any atom is 0.270 e. The molecule has 3 atom stereocenters. The lowest BCUT2D eigenvalue weighted by Gasteiger charge is -2.57. The van der Waals surface area contributed by atoms with Gasteiger partial charge in [0.1, 0.15) is 11.4 Å². The minimum Gasteiger partial charge on any atom is -0.357 e. The van der Waals surface area contributed by atoms with Crippen LogP contribution in [0.5, 0.6) is 0 Å². The fraction of sp³-hybridized carbons (Fsp3) is 0.387. The monoisotopic (exact) mass is 595 g/mol. The standard InChI is InChI=1S/C31H35Cl2N5O3/c1-19-13-20(2)15-23(14-19)28(40)30(38-12-10-35-18-31(38,34)21(3)39)8-11-37(29(41)26-5-4-9-36-26)27(17-30)22-6-7-24(32)25(33)16-22/h4-7,9,13-16,27,35-36H,8,10-12,17-18,34H2,1-3H3. The molecule has 0 bridgehead atoms. The number of carbonyl (C=O) groups is 3. The van der Waals surface area contributed by atoms with E-state index in [2.05, 4.69) is 10.3 Å². The molecule has 0 radical (unpaired) electrons. The molecule has 0 spiro atoms. The molecule has 3 unspecified atom stereocenters. The molecule has 8 nitrogen and oxygen atoms in total. The van der Waals surface area contributed by atoms with Crippen molar-refractivity contribution in [2.75, 3.05) is 26.2 Å². The lowest BCUT2D eigenvalue weighted by atomic mass is 9.72. The number of nitrogens with zero attached hydrogens (tertiary/aromatic N) is 2. The summed E-state index contributed by atoms with van der Waals surface area (Å²) in [4.78, 5) is 48.5. The largest absolute Gasteiger partial charge is 0.357 e. The molecule has 1 amide bonds. The third-order valence-corrected chi connectivity index (χ3v) is 9.25. The molecular weight excluding hydrogens is 561 g/mol. The Morgan fingerprint density at radius 2 is 1.73 bits per heavy atom. The van der Waals surface area contributed by atoms with Crippen LogP contribution in [0.25, 0.3) is 0 Å². The molecule has 2 saturated heterocycles. The zero-order valence-electron chi connectivity index (χ0n) is 23.5. The normalized spacial score (nSPS) is 25.2. The van der Waals surface area contributed by atoms with Crippen LogP contribution in [0.1, 0.15) is 63.3 Å². The van der Waals surface area contributed by atoms with Crippen LogP contribution in [0.3, 0.4) is 0 Å². The predicted octanol–water partition coefficient (Wildman–Crippen LogP) is 4.69. The Morgan fingerprint density at radius 3 is 2.37 bits per heavy atom. The van der Waals surface area contributed by atoms with Crippen LogP contribution < -0.4 is 11.1 Å². The number of nitrogens with one attached hydrogen (secondary N) is 2. The highest BCUT2D eigenvalue weighted by atomic mass is 35.5. The van der Waals surface area contributed by atoms with Gasteiger partial charge in [0.2, 0.25) is 0 Å². The lowest BCUT2D eigenvalue weighted by molar-refractivity contribution is -0.137. The quantitative estimate of drug-likeness (QED) is 0.357. The van der Waals surface area contributed by atoms with Crippen molar-refractivity contribution in [2.45, 2.75) is 50.9 Å². The van der Waals surface area contributed by atoms with E-state index in [-0.39, 0.29) is 37.0 Å². The zero-order chi connectivity index (χ0) is 29.5. The lowest BCUT2D eigenvalue weighted by Crippen LogP contribution is -2.78. The molecule has 0 saturated carbocycles. The van der Waals surface area contributed by atoms with Gasteiger partial charge in [-0.25, -0.2) is 0 Å². The molecule has 0 aliphatic carbocycles. The fourth-order valence-electron chi connectivity index (χ4n) is 6.50. The summed E-state index contributed by atoms with van der Waals surface area (Å²) in [5.41, 5.74) is 7.99. The number of nitrogens with two attached hydrogens (primary N) is 1. The van der Waals surface area contributed by atoms with Gasteiger partial charge in [-0.15, -0.1) is 0 Å². The van der Waals surface area contributed by atoms with Gasteiger partial charge in [0.05, 0.1) is 21.6 Å². The molecule has 1 aromatic heterocycles. The molecule has 2 aliphatic rings. The number of H-pyrrole nitrogens is 1. The molecule has 41 heavy (non-hydrogen) atoms. The van der Waals surface area contributed by atoms with Crippen molar-refractivity contribution in [2.24, 2.45) is 5.73 Å². The summed E-state index contributed by atoms with van der Waals surface area (Å²) < 4.78 is 0. The maximum atomic E-state index is 14.9. The van der Waals surface area contributed by atoms with Crippen molar-refractivity contribution in [1.29, 1.82) is 0 Å². The van der Waals surface area contributed by atoms with Gasteiger partial charge in [0.15, 0.2) is 11.6 Å². The van der Waals surface area contributed by atoms with E-state index in [0.717, 1.165) is 16.7 Å². The molecule has 2 fully saturated rings. The number of rotatable bonds is 6. The van der Waals surface area contributed by atoms with Gasteiger partial charge in [-0.1, -0.05) is 46.5 Å². The third kappa shape index (κ3) is 5.35. The average Bonchev–Trinajstić information content (AvgIpc) is 3.48. The number of carbonyl (C=O) groups excluding carboxylic acids is 3. The Kier molecular flexibility index (Phi) is 8.16. The van der Waals surface area contributed by atoms with E-state index in [1.165, 1.54) is 6.92 Å². The van der Waals surface area contributed by atoms with Crippen molar-refractivity contribution < 1.29 is 14.4 Å². The molecular formula is C31H35Cl2N5O3. The number of benzene rings is 2. The Morgan fingerprint density at radius 1 is 1.00 bits per heavy atom. The van der Waals surface area contributed by atoms with Crippen molar-refractivity contribution in [1.82, 2.24) is 20.1 Å². The minimum atomic E-state index is -1.40. The first-order valence-corrected chi connectivity index (χ1v) is 14.5. The molecule has 2 aromatic carbocycles. The van der Waals surface area contributed by atoms with Gasteiger partial charge < -0.3 is 20.9 Å². The second-order valence-corrected chi connectivity index (χ2v) is 12.1. The van der Waals surface area contributed by atoms with Gasteiger partial charge >= 0.3 is 0 Å². The SMILES string of the molecule is CC(=O)C1(N)CNCCN1C1(C(=O)c2cc(C)cc(C)c2)CCN(C(=O)c2ccc[nH]2)C(c2ccc(Cl)c(Cl)c2)C1. The summed E-state index contributed by atoms with van der Waals surface area (Å²) in [6, 6.07) is 14.0. The summed E-state index contributed by atoms with van der Waals surface area (Å²) in [6.45, 7) is 6.82. The number of hydrogen-bond donors (Lipinski definition) is 3. The highest BCUT2D eigenvalue weighted by Gasteiger charge is 2.57. The second kappa shape index (κ2) is 11.3. The van der Waals surface area contributed by atoms with E-state index in [9.17, 15) is 14.4 Å². The zero-order valence-corrected chi connectivity index (χ0v) is 25.0. The molecule has 2 aliphatic heterocycles. The van der Waals surface area contributed by atoms with E-state index >= 15 is 0 Å². The van der Waals surface area contributed by atoms with Gasteiger partial charge in [-0.2, -0.15) is 0 Å². The molecule has 10 heteroatoms. The van der Waals surface area contributed by atoms with Crippen LogP contribution in [-0.2, 0) is 4.79 Å². The first-order valence-electron chi connectivity index (χ1n) is 13.8. The highest BCUT2D eigenvalue weighted by molar-refractivity contribution is 6.42. The summed E-state index contributed by atoms with van der Waals surface area (Å²) in [5.74, 6) is -0.531. The maximum absolute atomic E-state index is 14.9. The van der Waals surface area contributed by atoms with Crippen LogP contribution in [0.15, 0.2) is 54.7 Å². The highest BCUT2D eigenvalue weighted by Crippen LogP contribution is 2.45. The number of aromatic nitrogens is 1. The van der Waals surface area contributed by atoms with E-state index in [4.69, 9.17) is 28.9 Å². The van der Waals surface area contributed by atoms with Crippen molar-refractivity contribution in [3.8, 4) is 0 Å². The van der Waals surface area contributed by atoms with Crippen molar-refractivity contribution >= 4 is 40.7 Å². The van der Waals surface area contributed by atoms with E-state index < -0.39 is 17.2 Å². The van der Waals surface area contributed by atoms with Crippen LogP contribution in [0.4, 0.5) is 0 Å². The Balaban J connectivity index is 1.69. The first kappa shape index (κ1) is 29.5. The number of amides is 1. The molecule has 3 aromatic rings. The van der Waals surface area contributed by atoms with Crippen LogP contribution >= 0.6 is 23.2 Å². The number of ketones is 2. The van der Waals surface area contributed by atoms with E-state index in [1.807, 2.05) is 43.0 Å². The van der Waals surface area contributed by atoms with Crippen LogP contribution in [0.2, 0.25) is 10.0 Å². The summed E-state index contributed by atoms with van der Waals surface area (Å²) in [5, 5.41) is 3.99. The third-order valence-electron chi connectivity index (χ3n) is 8.51. The van der Waals surface area contributed by atoms with E-state index in [0.29, 0.717) is 40.8 Å². The second-order valence-electron chi connectivity index (χ2n) is 11.3. The average molecular weight is 597 g/mol. The number of aryl methyl sites for hydroxylation is 2. The Bertz CT molecular complexity index is 1470. The van der Waals surface area contributed by atoms with Crippen LogP contribution in [0, 0.1) is 13.8 Å². The Labute approximate surface area is 250 Å². The van der Waals surface area contributed by atoms with Gasteiger partial charge in [-0.3, -0.25) is 19.3 Å². The Hall–Kier alpha value is -3.01. The first-order chi connectivity index (χ1) is 19.5. The molecule has 3 heterocycles. The number of halogens is 2. The number of piperazine rings is 1. The number of aromatic amines is 1. The number of hydrogen-bond acceptors (Lipinski definition) is 6. The van der Waals surface area contributed by atoms with Crippen molar-refractivity contribution in [3.05, 3.63) is 92.7 Å². The van der Waals surface area contributed by atoms with E-state index in [1.54, 1.807) is 35.4 Å². The van der Waals surface area contributed by atoms with Crippen LogP contribution in [-0.4, -0.2) is 69.6 Å². The topological polar surface area (TPSA) is 112 Å². The number of likely N-dealkylation sites (tertiary alicyclic amines) is 1. The predicted molar refractivity (Wildman–Crippen MR) is 160 cm³/mol. The smallest absolute Gasteiger partial charge is 0.270 e. The van der Waals surface area contributed by atoms with Crippen molar-refractivity contribution in [3.63, 3.8) is 0 Å². The minimum absolute atomic E-state index is 0.112. The van der Waals surface area contributed by atoms with Gasteiger partial charge in [-0.05, 0) is 75.6 Å². The fourth-order valence-corrected chi connectivity index (χ4v) is 6.80. The summed E-state index contributed by atoms with van der Waals surface area (Å²) in [7, 11) is 0. The number of Topliss-reactive ketones (excluding diaryl/α,β-unsaturated/α-hetero) is 2. The molecule has 5 rings (SSSR count). The molecule has 4 N–H and O–H groups in total. The molecule has 216 valence electrons. The summed E-state index contributed by atoms with van der Waals surface area (Å²) in [6.07, 6.45) is 2.22. The summed E-state index contributed by atoms with van der Waals surface area (Å²) >= 11 is 12.7.